The highest BCUT2D eigenvalue weighted by Gasteiger charge is 2.12. The fourth-order valence-corrected chi connectivity index (χ4v) is 1.38. The Hall–Kier alpha value is -0.410. The molecule has 3 nitrogen and oxygen atoms in total. The van der Waals surface area contributed by atoms with Crippen molar-refractivity contribution in [2.75, 3.05) is 26.2 Å². The van der Waals surface area contributed by atoms with Crippen LogP contribution in [-0.4, -0.2) is 42.0 Å². The summed E-state index contributed by atoms with van der Waals surface area (Å²) in [5, 5.41) is 8.65. The van der Waals surface area contributed by atoms with Crippen LogP contribution in [0.25, 0.3) is 0 Å². The van der Waals surface area contributed by atoms with E-state index in [0.717, 1.165) is 25.9 Å². The number of β-amino-alcohol motifs (C(OH)–C–C–N with tert-alkyl or cyclic N) is 1. The van der Waals surface area contributed by atoms with Crippen LogP contribution in [0.4, 0.5) is 0 Å². The molecule has 3 heteroatoms. The van der Waals surface area contributed by atoms with Crippen LogP contribution in [0.1, 0.15) is 19.3 Å². The van der Waals surface area contributed by atoms with E-state index in [-0.39, 0.29) is 6.61 Å². The SMILES string of the molecule is O=C1CCCN(CCO)CC1. The van der Waals surface area contributed by atoms with Crippen LogP contribution in [0.2, 0.25) is 0 Å². The number of aliphatic hydroxyl groups excluding tert-OH is 1. The molecule has 0 spiro atoms. The summed E-state index contributed by atoms with van der Waals surface area (Å²) in [5.74, 6) is 0.366. The van der Waals surface area contributed by atoms with Gasteiger partial charge in [-0.15, -0.1) is 0 Å². The number of hydrogen-bond donors (Lipinski definition) is 1. The number of rotatable bonds is 2. The molecule has 0 bridgehead atoms. The maximum Gasteiger partial charge on any atom is 0.134 e. The van der Waals surface area contributed by atoms with E-state index in [9.17, 15) is 4.79 Å². The van der Waals surface area contributed by atoms with Crippen molar-refractivity contribution in [1.29, 1.82) is 0 Å². The largest absolute Gasteiger partial charge is 0.395 e. The molecular formula is C8H15NO2. The maximum atomic E-state index is 10.9. The van der Waals surface area contributed by atoms with Crippen molar-refractivity contribution in [3.8, 4) is 0 Å². The second-order valence-electron chi connectivity index (χ2n) is 2.96. The molecule has 0 saturated carbocycles. The van der Waals surface area contributed by atoms with Gasteiger partial charge in [0, 0.05) is 25.9 Å². The van der Waals surface area contributed by atoms with Crippen molar-refractivity contribution in [3.05, 3.63) is 0 Å². The molecule has 1 heterocycles. The molecule has 1 rings (SSSR count). The molecule has 0 aliphatic carbocycles. The monoisotopic (exact) mass is 157 g/mol. The van der Waals surface area contributed by atoms with Crippen LogP contribution >= 0.6 is 0 Å². The van der Waals surface area contributed by atoms with E-state index in [2.05, 4.69) is 4.90 Å². The normalized spacial score (nSPS) is 21.7. The number of hydrogen-bond acceptors (Lipinski definition) is 3. The van der Waals surface area contributed by atoms with E-state index >= 15 is 0 Å². The lowest BCUT2D eigenvalue weighted by Crippen LogP contribution is -2.27. The Bertz CT molecular complexity index is 136. The first-order valence-electron chi connectivity index (χ1n) is 4.18. The zero-order chi connectivity index (χ0) is 8.10. The summed E-state index contributed by atoms with van der Waals surface area (Å²) in [4.78, 5) is 13.1. The molecule has 0 aromatic carbocycles. The lowest BCUT2D eigenvalue weighted by molar-refractivity contribution is -0.118. The lowest BCUT2D eigenvalue weighted by atomic mass is 10.2. The predicted molar refractivity (Wildman–Crippen MR) is 42.4 cm³/mol. The molecule has 0 atom stereocenters. The van der Waals surface area contributed by atoms with Gasteiger partial charge in [0.1, 0.15) is 5.78 Å². The van der Waals surface area contributed by atoms with Crippen molar-refractivity contribution in [2.24, 2.45) is 0 Å². The van der Waals surface area contributed by atoms with E-state index in [1.807, 2.05) is 0 Å². The first kappa shape index (κ1) is 8.68. The third-order valence-electron chi connectivity index (χ3n) is 2.05. The maximum absolute atomic E-state index is 10.9. The smallest absolute Gasteiger partial charge is 0.134 e. The van der Waals surface area contributed by atoms with Crippen LogP contribution < -0.4 is 0 Å². The number of ketones is 1. The lowest BCUT2D eigenvalue weighted by Gasteiger charge is -2.16. The summed E-state index contributed by atoms with van der Waals surface area (Å²) in [5.41, 5.74) is 0. The van der Waals surface area contributed by atoms with Crippen LogP contribution in [0.15, 0.2) is 0 Å². The van der Waals surface area contributed by atoms with E-state index in [1.54, 1.807) is 0 Å². The van der Waals surface area contributed by atoms with Gasteiger partial charge in [0.05, 0.1) is 6.61 Å². The first-order chi connectivity index (χ1) is 5.33. The van der Waals surface area contributed by atoms with Gasteiger partial charge in [-0.3, -0.25) is 4.79 Å². The fourth-order valence-electron chi connectivity index (χ4n) is 1.38. The zero-order valence-electron chi connectivity index (χ0n) is 6.75. The molecule has 0 aromatic rings. The van der Waals surface area contributed by atoms with Crippen molar-refractivity contribution >= 4 is 5.78 Å². The highest BCUT2D eigenvalue weighted by Crippen LogP contribution is 2.05. The Morgan fingerprint density at radius 1 is 1.36 bits per heavy atom. The summed E-state index contributed by atoms with van der Waals surface area (Å²) in [7, 11) is 0. The van der Waals surface area contributed by atoms with Gasteiger partial charge in [0.2, 0.25) is 0 Å². The zero-order valence-corrected chi connectivity index (χ0v) is 6.75. The number of likely N-dealkylation sites (tertiary alicyclic amines) is 1. The molecule has 1 aliphatic rings. The average Bonchev–Trinajstić information content (AvgIpc) is 2.17. The van der Waals surface area contributed by atoms with Crippen molar-refractivity contribution in [1.82, 2.24) is 4.90 Å². The van der Waals surface area contributed by atoms with Gasteiger partial charge in [-0.2, -0.15) is 0 Å². The molecule has 1 saturated heterocycles. The minimum atomic E-state index is 0.203. The molecule has 1 N–H and O–H groups in total. The number of carbonyl (C=O) groups excluding carboxylic acids is 1. The fraction of sp³-hybridized carbons (Fsp3) is 0.875. The average molecular weight is 157 g/mol. The molecule has 0 unspecified atom stereocenters. The third kappa shape index (κ3) is 2.99. The summed E-state index contributed by atoms with van der Waals surface area (Å²) in [6, 6.07) is 0. The second-order valence-corrected chi connectivity index (χ2v) is 2.96. The third-order valence-corrected chi connectivity index (χ3v) is 2.05. The van der Waals surface area contributed by atoms with Crippen molar-refractivity contribution < 1.29 is 9.90 Å². The predicted octanol–water partition coefficient (Wildman–Crippen LogP) is 0.0337. The van der Waals surface area contributed by atoms with Crippen LogP contribution in [-0.2, 0) is 4.79 Å². The molecule has 0 amide bonds. The van der Waals surface area contributed by atoms with Gasteiger partial charge < -0.3 is 10.0 Å². The number of carbonyl (C=O) groups is 1. The molecule has 0 aromatic heterocycles. The quantitative estimate of drug-likeness (QED) is 0.615. The van der Waals surface area contributed by atoms with E-state index < -0.39 is 0 Å². The molecular weight excluding hydrogens is 142 g/mol. The van der Waals surface area contributed by atoms with Gasteiger partial charge in [0.25, 0.3) is 0 Å². The van der Waals surface area contributed by atoms with Crippen molar-refractivity contribution in [3.63, 3.8) is 0 Å². The van der Waals surface area contributed by atoms with Gasteiger partial charge in [-0.1, -0.05) is 0 Å². The summed E-state index contributed by atoms with van der Waals surface area (Å²) in [6.07, 6.45) is 2.35. The van der Waals surface area contributed by atoms with Crippen LogP contribution in [0.5, 0.6) is 0 Å². The Morgan fingerprint density at radius 2 is 2.18 bits per heavy atom. The highest BCUT2D eigenvalue weighted by atomic mass is 16.3. The Morgan fingerprint density at radius 3 is 2.91 bits per heavy atom. The van der Waals surface area contributed by atoms with Crippen LogP contribution in [0.3, 0.4) is 0 Å². The van der Waals surface area contributed by atoms with Gasteiger partial charge in [0.15, 0.2) is 0 Å². The molecule has 64 valence electrons. The van der Waals surface area contributed by atoms with E-state index in [4.69, 9.17) is 5.11 Å². The van der Waals surface area contributed by atoms with Gasteiger partial charge in [-0.25, -0.2) is 0 Å². The Labute approximate surface area is 67.0 Å². The summed E-state index contributed by atoms with van der Waals surface area (Å²) >= 11 is 0. The molecule has 11 heavy (non-hydrogen) atoms. The number of aliphatic hydroxyl groups is 1. The number of Topliss-reactive ketones (excluding diaryl/α,β-unsaturated/α-hetero) is 1. The highest BCUT2D eigenvalue weighted by molar-refractivity contribution is 5.78. The van der Waals surface area contributed by atoms with Gasteiger partial charge in [-0.05, 0) is 13.0 Å². The minimum Gasteiger partial charge on any atom is -0.395 e. The standard InChI is InChI=1S/C8H15NO2/c10-7-6-9-4-1-2-8(11)3-5-9/h10H,1-7H2. The molecule has 1 fully saturated rings. The Kier molecular flexibility index (Phi) is 3.52. The molecule has 0 radical (unpaired) electrons. The summed E-state index contributed by atoms with van der Waals surface area (Å²) in [6.45, 7) is 2.72. The summed E-state index contributed by atoms with van der Waals surface area (Å²) < 4.78 is 0. The minimum absolute atomic E-state index is 0.203. The van der Waals surface area contributed by atoms with E-state index in [0.29, 0.717) is 18.7 Å². The van der Waals surface area contributed by atoms with Crippen molar-refractivity contribution in [2.45, 2.75) is 19.3 Å². The topological polar surface area (TPSA) is 40.5 Å². The first-order valence-corrected chi connectivity index (χ1v) is 4.18. The number of nitrogens with zero attached hydrogens (tertiary/aromatic N) is 1. The Balaban J connectivity index is 2.28. The van der Waals surface area contributed by atoms with Crippen LogP contribution in [0, 0.1) is 0 Å². The van der Waals surface area contributed by atoms with Gasteiger partial charge >= 0.3 is 0 Å². The second kappa shape index (κ2) is 4.46. The molecule has 1 aliphatic heterocycles. The van der Waals surface area contributed by atoms with E-state index in [1.165, 1.54) is 0 Å².